The fourth-order valence-electron chi connectivity index (χ4n) is 5.88. The van der Waals surface area contributed by atoms with Crippen LogP contribution in [-0.2, 0) is 14.4 Å². The highest BCUT2D eigenvalue weighted by Crippen LogP contribution is 2.61. The molecule has 1 spiro atoms. The molecule has 0 aromatic rings. The quantitative estimate of drug-likeness (QED) is 0.461. The molecule has 4 aliphatic rings. The van der Waals surface area contributed by atoms with E-state index in [1.807, 2.05) is 17.1 Å². The Kier molecular flexibility index (Phi) is 6.73. The summed E-state index contributed by atoms with van der Waals surface area (Å²) in [6.07, 6.45) is 11.3. The number of likely N-dealkylation sites (N-methyl/N-ethyl adjacent to an activating group) is 1. The van der Waals surface area contributed by atoms with Gasteiger partial charge in [-0.15, -0.1) is 11.8 Å². The Morgan fingerprint density at radius 1 is 1.16 bits per heavy atom. The molecule has 32 heavy (non-hydrogen) atoms. The third-order valence-electron chi connectivity index (χ3n) is 7.44. The molecule has 0 aromatic heterocycles. The maximum absolute atomic E-state index is 14.0. The molecule has 4 rings (SSSR count). The molecule has 7 nitrogen and oxygen atoms in total. The Labute approximate surface area is 194 Å². The van der Waals surface area contributed by atoms with E-state index in [4.69, 9.17) is 0 Å². The number of unbranched alkanes of at least 4 members (excludes halogenated alkanes) is 1. The molecular weight excluding hydrogens is 426 g/mol. The van der Waals surface area contributed by atoms with E-state index in [0.29, 0.717) is 32.5 Å². The van der Waals surface area contributed by atoms with Gasteiger partial charge < -0.3 is 19.8 Å². The third-order valence-corrected chi connectivity index (χ3v) is 9.18. The minimum atomic E-state index is -0.735. The number of amides is 3. The van der Waals surface area contributed by atoms with E-state index in [9.17, 15) is 19.5 Å². The number of rotatable bonds is 7. The van der Waals surface area contributed by atoms with E-state index >= 15 is 0 Å². The SMILES string of the molecule is CCCC(C)N1CC=C[C@]23S[C@@H]4C=CCN(C)C(=O)[C@@H]4[C@H]2C(=O)N(CCCCO)C3C1=O. The van der Waals surface area contributed by atoms with Crippen LogP contribution in [0.2, 0.25) is 0 Å². The highest BCUT2D eigenvalue weighted by Gasteiger charge is 2.70. The fourth-order valence-corrected chi connectivity index (χ4v) is 7.89. The molecule has 1 N–H and O–H groups in total. The Morgan fingerprint density at radius 2 is 1.94 bits per heavy atom. The highest BCUT2D eigenvalue weighted by atomic mass is 32.2. The summed E-state index contributed by atoms with van der Waals surface area (Å²) in [5.41, 5.74) is 0. The number of aliphatic hydroxyl groups is 1. The summed E-state index contributed by atoms with van der Waals surface area (Å²) in [6.45, 7) is 5.74. The van der Waals surface area contributed by atoms with Crippen LogP contribution in [0.1, 0.15) is 39.5 Å². The second kappa shape index (κ2) is 9.21. The molecule has 0 aliphatic carbocycles. The van der Waals surface area contributed by atoms with Crippen molar-refractivity contribution < 1.29 is 19.5 Å². The summed E-state index contributed by atoms with van der Waals surface area (Å²) in [4.78, 5) is 46.5. The molecular formula is C24H35N3O4S. The molecule has 4 aliphatic heterocycles. The average molecular weight is 462 g/mol. The molecule has 6 atom stereocenters. The Hall–Kier alpha value is -1.80. The molecule has 0 bridgehead atoms. The number of nitrogens with zero attached hydrogens (tertiary/aromatic N) is 3. The predicted molar refractivity (Wildman–Crippen MR) is 125 cm³/mol. The van der Waals surface area contributed by atoms with Crippen LogP contribution < -0.4 is 0 Å². The van der Waals surface area contributed by atoms with Crippen LogP contribution in [0.25, 0.3) is 0 Å². The highest BCUT2D eigenvalue weighted by molar-refractivity contribution is 8.02. The Morgan fingerprint density at radius 3 is 2.66 bits per heavy atom. The zero-order chi connectivity index (χ0) is 23.0. The molecule has 3 amide bonds. The van der Waals surface area contributed by atoms with Gasteiger partial charge in [-0.25, -0.2) is 0 Å². The number of likely N-dealkylation sites (tertiary alicyclic amines) is 1. The van der Waals surface area contributed by atoms with Crippen molar-refractivity contribution in [3.8, 4) is 0 Å². The van der Waals surface area contributed by atoms with Gasteiger partial charge in [0, 0.05) is 44.6 Å². The van der Waals surface area contributed by atoms with Crippen molar-refractivity contribution in [1.82, 2.24) is 14.7 Å². The van der Waals surface area contributed by atoms with Crippen LogP contribution >= 0.6 is 11.8 Å². The van der Waals surface area contributed by atoms with Gasteiger partial charge in [-0.05, 0) is 26.2 Å². The van der Waals surface area contributed by atoms with Crippen molar-refractivity contribution in [1.29, 1.82) is 0 Å². The minimum absolute atomic E-state index is 0.00968. The lowest BCUT2D eigenvalue weighted by molar-refractivity contribution is -0.144. The Bertz CT molecular complexity index is 830. The van der Waals surface area contributed by atoms with Crippen LogP contribution in [0.3, 0.4) is 0 Å². The van der Waals surface area contributed by atoms with Gasteiger partial charge in [0.05, 0.1) is 16.6 Å². The first-order chi connectivity index (χ1) is 15.4. The fraction of sp³-hybridized carbons (Fsp3) is 0.708. The standard InChI is InChI=1S/C24H35N3O4S/c1-4-9-16(2)26-14-8-11-24-19(18-17(32-24)10-7-12-25(3)21(18)29)22(30)27(13-5-6-15-28)20(24)23(26)31/h7-8,10-11,16-20,28H,4-6,9,12-15H2,1-3H3/t16?,17-,18+,19+,20?,24+/m1/s1. The van der Waals surface area contributed by atoms with E-state index in [-0.39, 0.29) is 35.6 Å². The number of fused-ring (bicyclic) bond motifs is 2. The molecule has 2 fully saturated rings. The van der Waals surface area contributed by atoms with Gasteiger partial charge in [-0.3, -0.25) is 14.4 Å². The molecule has 176 valence electrons. The summed E-state index contributed by atoms with van der Waals surface area (Å²) >= 11 is 1.63. The van der Waals surface area contributed by atoms with Gasteiger partial charge in [-0.1, -0.05) is 37.6 Å². The lowest BCUT2D eigenvalue weighted by Crippen LogP contribution is -2.55. The molecule has 0 saturated carbocycles. The Balaban J connectivity index is 1.77. The van der Waals surface area contributed by atoms with Crippen molar-refractivity contribution in [2.75, 3.05) is 33.3 Å². The largest absolute Gasteiger partial charge is 0.396 e. The number of carbonyl (C=O) groups is 3. The summed E-state index contributed by atoms with van der Waals surface area (Å²) in [6, 6.07) is -0.523. The summed E-state index contributed by atoms with van der Waals surface area (Å²) in [7, 11) is 1.78. The monoisotopic (exact) mass is 461 g/mol. The van der Waals surface area contributed by atoms with E-state index in [1.54, 1.807) is 28.6 Å². The van der Waals surface area contributed by atoms with Crippen molar-refractivity contribution in [2.45, 2.75) is 61.6 Å². The topological polar surface area (TPSA) is 81.2 Å². The number of aliphatic hydroxyl groups excluding tert-OH is 1. The van der Waals surface area contributed by atoms with Crippen LogP contribution in [0, 0.1) is 11.8 Å². The van der Waals surface area contributed by atoms with Crippen molar-refractivity contribution in [3.05, 3.63) is 24.3 Å². The lowest BCUT2D eigenvalue weighted by atomic mass is 9.78. The maximum Gasteiger partial charge on any atom is 0.247 e. The van der Waals surface area contributed by atoms with Crippen LogP contribution in [-0.4, -0.2) is 92.9 Å². The average Bonchev–Trinajstić information content (AvgIpc) is 3.08. The third kappa shape index (κ3) is 3.59. The number of thioether (sulfide) groups is 1. The van der Waals surface area contributed by atoms with E-state index in [2.05, 4.69) is 26.0 Å². The molecule has 8 heteroatoms. The van der Waals surface area contributed by atoms with Crippen molar-refractivity contribution in [2.24, 2.45) is 11.8 Å². The van der Waals surface area contributed by atoms with Gasteiger partial charge in [0.1, 0.15) is 6.04 Å². The first kappa shape index (κ1) is 23.4. The summed E-state index contributed by atoms with van der Waals surface area (Å²) in [5.74, 6) is -1.12. The molecule has 2 unspecified atom stereocenters. The maximum atomic E-state index is 14.0. The van der Waals surface area contributed by atoms with Gasteiger partial charge in [0.15, 0.2) is 0 Å². The van der Waals surface area contributed by atoms with Gasteiger partial charge >= 0.3 is 0 Å². The summed E-state index contributed by atoms with van der Waals surface area (Å²) < 4.78 is -0.735. The van der Waals surface area contributed by atoms with Gasteiger partial charge in [0.2, 0.25) is 17.7 Å². The number of carbonyl (C=O) groups excluding carboxylic acids is 3. The first-order valence-electron chi connectivity index (χ1n) is 11.9. The van der Waals surface area contributed by atoms with E-state index in [0.717, 1.165) is 12.8 Å². The molecule has 0 aromatic carbocycles. The summed E-state index contributed by atoms with van der Waals surface area (Å²) in [5, 5.41) is 9.16. The van der Waals surface area contributed by atoms with Crippen LogP contribution in [0.4, 0.5) is 0 Å². The van der Waals surface area contributed by atoms with Crippen molar-refractivity contribution >= 4 is 29.5 Å². The van der Waals surface area contributed by atoms with Gasteiger partial charge in [-0.2, -0.15) is 0 Å². The van der Waals surface area contributed by atoms with E-state index in [1.165, 1.54) is 0 Å². The van der Waals surface area contributed by atoms with Crippen LogP contribution in [0.5, 0.6) is 0 Å². The van der Waals surface area contributed by atoms with Crippen LogP contribution in [0.15, 0.2) is 24.3 Å². The van der Waals surface area contributed by atoms with Crippen molar-refractivity contribution in [3.63, 3.8) is 0 Å². The predicted octanol–water partition coefficient (Wildman–Crippen LogP) is 1.67. The zero-order valence-electron chi connectivity index (χ0n) is 19.3. The smallest absolute Gasteiger partial charge is 0.247 e. The number of hydrogen-bond donors (Lipinski definition) is 1. The second-order valence-corrected chi connectivity index (χ2v) is 11.0. The van der Waals surface area contributed by atoms with Gasteiger partial charge in [0.25, 0.3) is 0 Å². The molecule has 4 heterocycles. The molecule has 0 radical (unpaired) electrons. The second-order valence-electron chi connectivity index (χ2n) is 9.48. The van der Waals surface area contributed by atoms with E-state index < -0.39 is 22.6 Å². The number of hydrogen-bond acceptors (Lipinski definition) is 5. The normalized spacial score (nSPS) is 35.0. The zero-order valence-corrected chi connectivity index (χ0v) is 20.1. The molecule has 2 saturated heterocycles. The lowest BCUT2D eigenvalue weighted by Gasteiger charge is -2.37. The first-order valence-corrected chi connectivity index (χ1v) is 12.7. The minimum Gasteiger partial charge on any atom is -0.396 e.